The predicted molar refractivity (Wildman–Crippen MR) is 79.5 cm³/mol. The van der Waals surface area contributed by atoms with Crippen molar-refractivity contribution in [3.05, 3.63) is 35.9 Å². The smallest absolute Gasteiger partial charge is 0.251 e. The van der Waals surface area contributed by atoms with Gasteiger partial charge in [0.2, 0.25) is 5.91 Å². The Labute approximate surface area is 125 Å². The van der Waals surface area contributed by atoms with E-state index in [0.717, 1.165) is 5.56 Å². The first kappa shape index (κ1) is 15.5. The first-order valence-electron chi connectivity index (χ1n) is 7.20. The highest BCUT2D eigenvalue weighted by Crippen LogP contribution is 2.28. The average molecular weight is 290 g/mol. The molecule has 1 N–H and O–H groups in total. The van der Waals surface area contributed by atoms with Gasteiger partial charge in [0.25, 0.3) is 5.91 Å². The zero-order valence-electron chi connectivity index (χ0n) is 12.7. The Balaban J connectivity index is 2.21. The predicted octanol–water partition coefficient (Wildman–Crippen LogP) is 1.36. The van der Waals surface area contributed by atoms with Crippen molar-refractivity contribution in [3.8, 4) is 0 Å². The molecule has 0 radical (unpaired) electrons. The molecule has 0 aromatic heterocycles. The second-order valence-corrected chi connectivity index (χ2v) is 5.73. The van der Waals surface area contributed by atoms with Gasteiger partial charge in [0, 0.05) is 13.6 Å². The lowest BCUT2D eigenvalue weighted by atomic mass is 9.97. The number of morpholine rings is 1. The Morgan fingerprint density at radius 1 is 1.38 bits per heavy atom. The van der Waals surface area contributed by atoms with E-state index in [1.165, 1.54) is 0 Å². The number of likely N-dealkylation sites (N-methyl/N-ethyl adjacent to an activating group) is 1. The molecule has 1 aromatic carbocycles. The summed E-state index contributed by atoms with van der Waals surface area (Å²) in [5.74, 6) is 0.0840. The van der Waals surface area contributed by atoms with E-state index in [1.807, 2.05) is 44.2 Å². The number of rotatable bonds is 4. The van der Waals surface area contributed by atoms with Crippen LogP contribution in [0.15, 0.2) is 30.3 Å². The maximum atomic E-state index is 12.4. The molecule has 1 fully saturated rings. The highest BCUT2D eigenvalue weighted by atomic mass is 16.5. The molecule has 1 saturated heterocycles. The second-order valence-electron chi connectivity index (χ2n) is 5.73. The first-order chi connectivity index (χ1) is 10.0. The van der Waals surface area contributed by atoms with Crippen LogP contribution in [0.3, 0.4) is 0 Å². The Bertz CT molecular complexity index is 502. The van der Waals surface area contributed by atoms with Crippen LogP contribution in [0, 0.1) is 5.92 Å². The lowest BCUT2D eigenvalue weighted by molar-refractivity contribution is -0.162. The fourth-order valence-electron chi connectivity index (χ4n) is 2.39. The Morgan fingerprint density at radius 3 is 2.67 bits per heavy atom. The molecule has 1 heterocycles. The summed E-state index contributed by atoms with van der Waals surface area (Å²) in [5, 5.41) is 2.89. The molecule has 2 rings (SSSR count). The number of carbonyl (C=O) groups excluding carboxylic acids is 2. The van der Waals surface area contributed by atoms with Crippen molar-refractivity contribution in [1.29, 1.82) is 0 Å². The van der Waals surface area contributed by atoms with Gasteiger partial charge in [-0.1, -0.05) is 44.2 Å². The molecule has 5 heteroatoms. The summed E-state index contributed by atoms with van der Waals surface area (Å²) in [4.78, 5) is 25.8. The van der Waals surface area contributed by atoms with E-state index in [1.54, 1.807) is 11.9 Å². The van der Waals surface area contributed by atoms with E-state index < -0.39 is 6.10 Å². The molecule has 0 saturated carbocycles. The monoisotopic (exact) mass is 290 g/mol. The number of benzene rings is 1. The molecule has 1 aromatic rings. The molecular weight excluding hydrogens is 268 g/mol. The van der Waals surface area contributed by atoms with Gasteiger partial charge in [-0.15, -0.1) is 0 Å². The van der Waals surface area contributed by atoms with E-state index in [4.69, 9.17) is 4.74 Å². The number of ether oxygens (including phenoxy) is 1. The van der Waals surface area contributed by atoms with Crippen LogP contribution < -0.4 is 5.32 Å². The zero-order valence-corrected chi connectivity index (χ0v) is 12.7. The quantitative estimate of drug-likeness (QED) is 0.911. The van der Waals surface area contributed by atoms with E-state index in [9.17, 15) is 9.59 Å². The minimum atomic E-state index is -0.672. The third-order valence-electron chi connectivity index (χ3n) is 3.57. The third-order valence-corrected chi connectivity index (χ3v) is 3.57. The van der Waals surface area contributed by atoms with Crippen LogP contribution >= 0.6 is 0 Å². The van der Waals surface area contributed by atoms with Crippen LogP contribution in [0.1, 0.15) is 25.5 Å². The minimum Gasteiger partial charge on any atom is -0.356 e. The van der Waals surface area contributed by atoms with E-state index in [0.29, 0.717) is 12.5 Å². The van der Waals surface area contributed by atoms with Crippen molar-refractivity contribution >= 4 is 11.8 Å². The topological polar surface area (TPSA) is 58.6 Å². The molecule has 114 valence electrons. The highest BCUT2D eigenvalue weighted by Gasteiger charge is 2.39. The van der Waals surface area contributed by atoms with Gasteiger partial charge in [0.05, 0.1) is 6.04 Å². The normalized spacial score (nSPS) is 22.5. The van der Waals surface area contributed by atoms with E-state index in [-0.39, 0.29) is 24.5 Å². The zero-order chi connectivity index (χ0) is 15.4. The molecule has 0 spiro atoms. The maximum Gasteiger partial charge on any atom is 0.251 e. The van der Waals surface area contributed by atoms with Crippen molar-refractivity contribution < 1.29 is 14.3 Å². The first-order valence-corrected chi connectivity index (χ1v) is 7.20. The molecule has 5 nitrogen and oxygen atoms in total. The average Bonchev–Trinajstić information content (AvgIpc) is 2.48. The second kappa shape index (κ2) is 6.72. The SMILES string of the molecule is CC(C)CNC(=O)[C@@H]1OCC(=O)N(C)[C@@H]1c1ccccc1. The standard InChI is InChI=1S/C16H22N2O3/c1-11(2)9-17-16(20)15-14(12-7-5-4-6-8-12)18(3)13(19)10-21-15/h4-8,11,14-15H,9-10H2,1-3H3,(H,17,20)/t14-,15-/m1/s1. The Morgan fingerprint density at radius 2 is 2.05 bits per heavy atom. The summed E-state index contributed by atoms with van der Waals surface area (Å²) in [7, 11) is 1.71. The van der Waals surface area contributed by atoms with Gasteiger partial charge < -0.3 is 15.0 Å². The fraction of sp³-hybridized carbons (Fsp3) is 0.500. The van der Waals surface area contributed by atoms with Gasteiger partial charge in [0.15, 0.2) is 6.10 Å². The summed E-state index contributed by atoms with van der Waals surface area (Å²) in [6, 6.07) is 9.12. The minimum absolute atomic E-state index is 0.0560. The summed E-state index contributed by atoms with van der Waals surface area (Å²) in [6.07, 6.45) is -0.672. The van der Waals surface area contributed by atoms with Crippen LogP contribution in [-0.4, -0.2) is 43.0 Å². The van der Waals surface area contributed by atoms with Crippen LogP contribution in [0.2, 0.25) is 0 Å². The van der Waals surface area contributed by atoms with E-state index >= 15 is 0 Å². The summed E-state index contributed by atoms with van der Waals surface area (Å²) >= 11 is 0. The molecule has 1 aliphatic rings. The van der Waals surface area contributed by atoms with Crippen LogP contribution in [-0.2, 0) is 14.3 Å². The number of hydrogen-bond acceptors (Lipinski definition) is 3. The number of nitrogens with zero attached hydrogens (tertiary/aromatic N) is 1. The van der Waals surface area contributed by atoms with Gasteiger partial charge in [-0.25, -0.2) is 0 Å². The number of amides is 2. The van der Waals surface area contributed by atoms with Crippen LogP contribution in [0.4, 0.5) is 0 Å². The van der Waals surface area contributed by atoms with Crippen molar-refractivity contribution in [3.63, 3.8) is 0 Å². The maximum absolute atomic E-state index is 12.4. The molecule has 2 amide bonds. The molecule has 2 atom stereocenters. The lowest BCUT2D eigenvalue weighted by Gasteiger charge is -2.38. The fourth-order valence-corrected chi connectivity index (χ4v) is 2.39. The molecular formula is C16H22N2O3. The summed E-state index contributed by atoms with van der Waals surface area (Å²) < 4.78 is 5.52. The van der Waals surface area contributed by atoms with Gasteiger partial charge in [-0.05, 0) is 11.5 Å². The largest absolute Gasteiger partial charge is 0.356 e. The molecule has 1 aliphatic heterocycles. The Kier molecular flexibility index (Phi) is 4.96. The molecule has 21 heavy (non-hydrogen) atoms. The van der Waals surface area contributed by atoms with Gasteiger partial charge >= 0.3 is 0 Å². The number of carbonyl (C=O) groups is 2. The third kappa shape index (κ3) is 3.61. The van der Waals surface area contributed by atoms with Crippen molar-refractivity contribution in [2.75, 3.05) is 20.2 Å². The summed E-state index contributed by atoms with van der Waals surface area (Å²) in [5.41, 5.74) is 0.901. The van der Waals surface area contributed by atoms with Crippen LogP contribution in [0.25, 0.3) is 0 Å². The number of hydrogen-bond donors (Lipinski definition) is 1. The highest BCUT2D eigenvalue weighted by molar-refractivity contribution is 5.86. The lowest BCUT2D eigenvalue weighted by Crippen LogP contribution is -2.53. The number of nitrogens with one attached hydrogen (secondary N) is 1. The molecule has 0 bridgehead atoms. The summed E-state index contributed by atoms with van der Waals surface area (Å²) in [6.45, 7) is 4.61. The van der Waals surface area contributed by atoms with Gasteiger partial charge in [-0.3, -0.25) is 9.59 Å². The van der Waals surface area contributed by atoms with Gasteiger partial charge in [-0.2, -0.15) is 0 Å². The van der Waals surface area contributed by atoms with Crippen molar-refractivity contribution in [1.82, 2.24) is 10.2 Å². The van der Waals surface area contributed by atoms with Gasteiger partial charge in [0.1, 0.15) is 6.61 Å². The molecule has 0 unspecified atom stereocenters. The van der Waals surface area contributed by atoms with Crippen molar-refractivity contribution in [2.45, 2.75) is 26.0 Å². The Hall–Kier alpha value is -1.88. The van der Waals surface area contributed by atoms with Crippen molar-refractivity contribution in [2.24, 2.45) is 5.92 Å². The molecule has 0 aliphatic carbocycles. The van der Waals surface area contributed by atoms with Crippen LogP contribution in [0.5, 0.6) is 0 Å². The van der Waals surface area contributed by atoms with E-state index in [2.05, 4.69) is 5.32 Å².